The summed E-state index contributed by atoms with van der Waals surface area (Å²) in [4.78, 5) is 26.6. The zero-order valence-corrected chi connectivity index (χ0v) is 14.5. The first-order chi connectivity index (χ1) is 12.0. The van der Waals surface area contributed by atoms with Gasteiger partial charge in [-0.05, 0) is 43.2 Å². The molecular weight excluding hydrogens is 343 g/mol. The fourth-order valence-corrected chi connectivity index (χ4v) is 3.26. The molecule has 1 aliphatic rings. The Balaban J connectivity index is 1.67. The van der Waals surface area contributed by atoms with Crippen LogP contribution < -0.4 is 10.2 Å². The summed E-state index contributed by atoms with van der Waals surface area (Å²) >= 11 is 5.95. The Hall–Kier alpha value is -2.40. The van der Waals surface area contributed by atoms with E-state index in [1.165, 1.54) is 6.07 Å². The van der Waals surface area contributed by atoms with Crippen LogP contribution in [-0.4, -0.2) is 18.4 Å². The van der Waals surface area contributed by atoms with Crippen LogP contribution in [0.1, 0.15) is 17.5 Å². The summed E-state index contributed by atoms with van der Waals surface area (Å²) in [5.41, 5.74) is 2.04. The average molecular weight is 361 g/mol. The maximum Gasteiger partial charge on any atom is 0.239 e. The maximum atomic E-state index is 13.6. The van der Waals surface area contributed by atoms with E-state index in [1.54, 1.807) is 41.3 Å². The number of carbonyl (C=O) groups excluding carboxylic acids is 2. The molecule has 25 heavy (non-hydrogen) atoms. The van der Waals surface area contributed by atoms with E-state index in [2.05, 4.69) is 5.32 Å². The van der Waals surface area contributed by atoms with E-state index >= 15 is 0 Å². The van der Waals surface area contributed by atoms with Crippen LogP contribution in [0.5, 0.6) is 0 Å². The second-order valence-corrected chi connectivity index (χ2v) is 6.51. The summed E-state index contributed by atoms with van der Waals surface area (Å²) in [6, 6.07) is 11.5. The predicted molar refractivity (Wildman–Crippen MR) is 94.9 cm³/mol. The van der Waals surface area contributed by atoms with E-state index in [-0.39, 0.29) is 24.2 Å². The number of hydrogen-bond donors (Lipinski definition) is 1. The minimum Gasteiger partial charge on any atom is -0.351 e. The van der Waals surface area contributed by atoms with E-state index in [4.69, 9.17) is 11.6 Å². The van der Waals surface area contributed by atoms with Crippen LogP contribution in [0.4, 0.5) is 10.1 Å². The predicted octanol–water partition coefficient (Wildman–Crippen LogP) is 3.46. The number of carbonyl (C=O) groups is 2. The van der Waals surface area contributed by atoms with Crippen molar-refractivity contribution in [1.82, 2.24) is 5.32 Å². The summed E-state index contributed by atoms with van der Waals surface area (Å²) in [6.07, 6.45) is 0.435. The van der Waals surface area contributed by atoms with E-state index in [9.17, 15) is 14.0 Å². The monoisotopic (exact) mass is 360 g/mol. The summed E-state index contributed by atoms with van der Waals surface area (Å²) in [7, 11) is 0. The molecule has 1 atom stereocenters. The van der Waals surface area contributed by atoms with Gasteiger partial charge in [-0.2, -0.15) is 0 Å². The lowest BCUT2D eigenvalue weighted by molar-refractivity contribution is -0.132. The van der Waals surface area contributed by atoms with E-state index in [0.29, 0.717) is 23.6 Å². The topological polar surface area (TPSA) is 49.4 Å². The van der Waals surface area contributed by atoms with E-state index in [1.807, 2.05) is 6.92 Å². The fourth-order valence-electron chi connectivity index (χ4n) is 3.03. The summed E-state index contributed by atoms with van der Waals surface area (Å²) in [5.74, 6) is -1.74. The number of benzene rings is 2. The first kappa shape index (κ1) is 17.4. The molecule has 0 aromatic heterocycles. The number of hydrogen-bond acceptors (Lipinski definition) is 2. The van der Waals surface area contributed by atoms with Gasteiger partial charge in [0.1, 0.15) is 11.7 Å². The number of anilines is 1. The number of amides is 2. The maximum absolute atomic E-state index is 13.6. The standard InChI is InChI=1S/C19H18ClFN2O2/c1-12-10-14(20)6-7-17(12)23-9-8-15(19(23)25)18(24)22-11-13-4-2-3-5-16(13)21/h2-7,10,15H,8-9,11H2,1H3,(H,22,24). The zero-order chi connectivity index (χ0) is 18.0. The normalized spacial score (nSPS) is 17.0. The van der Waals surface area contributed by atoms with E-state index < -0.39 is 5.92 Å². The summed E-state index contributed by atoms with van der Waals surface area (Å²) < 4.78 is 13.6. The first-order valence-corrected chi connectivity index (χ1v) is 8.44. The van der Waals surface area contributed by atoms with Crippen molar-refractivity contribution in [3.8, 4) is 0 Å². The summed E-state index contributed by atoms with van der Waals surface area (Å²) in [6.45, 7) is 2.41. The minimum atomic E-state index is -0.748. The van der Waals surface area contributed by atoms with Crippen LogP contribution in [0.3, 0.4) is 0 Å². The van der Waals surface area contributed by atoms with Crippen molar-refractivity contribution in [3.05, 3.63) is 64.4 Å². The highest BCUT2D eigenvalue weighted by Crippen LogP contribution is 2.29. The molecule has 0 spiro atoms. The molecule has 0 radical (unpaired) electrons. The van der Waals surface area contributed by atoms with Crippen LogP contribution in [0, 0.1) is 18.7 Å². The molecular formula is C19H18ClFN2O2. The average Bonchev–Trinajstić information content (AvgIpc) is 2.95. The molecule has 1 fully saturated rings. The van der Waals surface area contributed by atoms with Gasteiger partial charge in [-0.1, -0.05) is 29.8 Å². The lowest BCUT2D eigenvalue weighted by Crippen LogP contribution is -2.36. The second kappa shape index (κ2) is 7.23. The third kappa shape index (κ3) is 3.66. The minimum absolute atomic E-state index is 0.0647. The molecule has 0 aliphatic carbocycles. The van der Waals surface area contributed by atoms with Crippen molar-refractivity contribution in [2.24, 2.45) is 5.92 Å². The quantitative estimate of drug-likeness (QED) is 0.849. The molecule has 130 valence electrons. The van der Waals surface area contributed by atoms with Crippen LogP contribution in [0.2, 0.25) is 5.02 Å². The van der Waals surface area contributed by atoms with Crippen molar-refractivity contribution < 1.29 is 14.0 Å². The molecule has 1 heterocycles. The van der Waals surface area contributed by atoms with Gasteiger partial charge in [-0.25, -0.2) is 4.39 Å². The smallest absolute Gasteiger partial charge is 0.239 e. The molecule has 6 heteroatoms. The number of aryl methyl sites for hydroxylation is 1. The van der Waals surface area contributed by atoms with Gasteiger partial charge in [0.2, 0.25) is 11.8 Å². The Morgan fingerprint density at radius 1 is 1.32 bits per heavy atom. The van der Waals surface area contributed by atoms with Crippen LogP contribution in [-0.2, 0) is 16.1 Å². The lowest BCUT2D eigenvalue weighted by Gasteiger charge is -2.19. The molecule has 1 saturated heterocycles. The van der Waals surface area contributed by atoms with Gasteiger partial charge in [-0.15, -0.1) is 0 Å². The molecule has 1 unspecified atom stereocenters. The number of rotatable bonds is 4. The van der Waals surface area contributed by atoms with Gasteiger partial charge in [0.25, 0.3) is 0 Å². The third-order valence-corrected chi connectivity index (χ3v) is 4.62. The van der Waals surface area contributed by atoms with E-state index in [0.717, 1.165) is 11.3 Å². The molecule has 2 amide bonds. The molecule has 0 bridgehead atoms. The Kier molecular flexibility index (Phi) is 5.04. The van der Waals surface area contributed by atoms with Crippen LogP contribution in [0.25, 0.3) is 0 Å². The molecule has 2 aromatic rings. The van der Waals surface area contributed by atoms with Crippen molar-refractivity contribution >= 4 is 29.1 Å². The Morgan fingerprint density at radius 3 is 2.80 bits per heavy atom. The van der Waals surface area contributed by atoms with Crippen molar-refractivity contribution in [3.63, 3.8) is 0 Å². The molecule has 3 rings (SSSR count). The largest absolute Gasteiger partial charge is 0.351 e. The molecule has 1 aliphatic heterocycles. The second-order valence-electron chi connectivity index (χ2n) is 6.07. The third-order valence-electron chi connectivity index (χ3n) is 4.38. The Morgan fingerprint density at radius 2 is 2.08 bits per heavy atom. The van der Waals surface area contributed by atoms with Gasteiger partial charge < -0.3 is 10.2 Å². The molecule has 0 saturated carbocycles. The zero-order valence-electron chi connectivity index (χ0n) is 13.8. The molecule has 2 aromatic carbocycles. The Labute approximate surface area is 150 Å². The van der Waals surface area contributed by atoms with Crippen molar-refractivity contribution in [2.45, 2.75) is 19.9 Å². The van der Waals surface area contributed by atoms with Crippen LogP contribution in [0.15, 0.2) is 42.5 Å². The highest BCUT2D eigenvalue weighted by atomic mass is 35.5. The van der Waals surface area contributed by atoms with Crippen LogP contribution >= 0.6 is 11.6 Å². The van der Waals surface area contributed by atoms with Gasteiger partial charge in [0, 0.05) is 29.4 Å². The number of halogens is 2. The van der Waals surface area contributed by atoms with Gasteiger partial charge in [0.15, 0.2) is 0 Å². The van der Waals surface area contributed by atoms with Gasteiger partial charge in [0.05, 0.1) is 0 Å². The van der Waals surface area contributed by atoms with Gasteiger partial charge in [-0.3, -0.25) is 9.59 Å². The van der Waals surface area contributed by atoms with Gasteiger partial charge >= 0.3 is 0 Å². The molecule has 1 N–H and O–H groups in total. The Bertz CT molecular complexity index is 825. The number of nitrogens with zero attached hydrogens (tertiary/aromatic N) is 1. The van der Waals surface area contributed by atoms with Crippen molar-refractivity contribution in [1.29, 1.82) is 0 Å². The summed E-state index contributed by atoms with van der Waals surface area (Å²) in [5, 5.41) is 3.26. The van der Waals surface area contributed by atoms with Crippen molar-refractivity contribution in [2.75, 3.05) is 11.4 Å². The lowest BCUT2D eigenvalue weighted by atomic mass is 10.1. The fraction of sp³-hybridized carbons (Fsp3) is 0.263. The SMILES string of the molecule is Cc1cc(Cl)ccc1N1CCC(C(=O)NCc2ccccc2F)C1=O. The number of nitrogens with one attached hydrogen (secondary N) is 1. The highest BCUT2D eigenvalue weighted by Gasteiger charge is 2.37. The first-order valence-electron chi connectivity index (χ1n) is 8.06. The molecule has 4 nitrogen and oxygen atoms in total. The highest BCUT2D eigenvalue weighted by molar-refractivity contribution is 6.30.